The number of H-pyrrole nitrogens is 1. The van der Waals surface area contributed by atoms with E-state index < -0.39 is 0 Å². The summed E-state index contributed by atoms with van der Waals surface area (Å²) in [6.45, 7) is 6.97. The number of aromatic amines is 1. The molecule has 0 amide bonds. The van der Waals surface area contributed by atoms with Gasteiger partial charge in [-0.05, 0) is 51.3 Å². The van der Waals surface area contributed by atoms with Crippen molar-refractivity contribution in [2.45, 2.75) is 13.1 Å². The second kappa shape index (κ2) is 12.4. The first-order chi connectivity index (χ1) is 17.0. The number of hydrogen-bond acceptors (Lipinski definition) is 7. The predicted octanol–water partition coefficient (Wildman–Crippen LogP) is 4.00. The van der Waals surface area contributed by atoms with Gasteiger partial charge in [-0.15, -0.1) is 0 Å². The van der Waals surface area contributed by atoms with Crippen molar-refractivity contribution in [3.8, 4) is 11.5 Å². The molecule has 2 aromatic carbocycles. The molecular formula is C25H29BrClN5O3. The number of aromatic nitrogens is 2. The first-order valence-electron chi connectivity index (χ1n) is 11.5. The van der Waals surface area contributed by atoms with Gasteiger partial charge >= 0.3 is 0 Å². The minimum Gasteiger partial charge on any atom is -0.493 e. The van der Waals surface area contributed by atoms with E-state index >= 15 is 0 Å². The molecule has 186 valence electrons. The summed E-state index contributed by atoms with van der Waals surface area (Å²) in [4.78, 5) is 16.6. The maximum Gasteiger partial charge on any atom is 0.280 e. The molecule has 0 atom stereocenters. The first-order valence-corrected chi connectivity index (χ1v) is 12.6. The van der Waals surface area contributed by atoms with Gasteiger partial charge in [-0.1, -0.05) is 29.8 Å². The number of ether oxygens (including phenoxy) is 2. The number of nitrogens with one attached hydrogen (secondary N) is 2. The van der Waals surface area contributed by atoms with E-state index in [0.717, 1.165) is 49.9 Å². The molecule has 1 saturated heterocycles. The van der Waals surface area contributed by atoms with Gasteiger partial charge in [0.25, 0.3) is 5.56 Å². The van der Waals surface area contributed by atoms with Gasteiger partial charge in [-0.2, -0.15) is 5.10 Å². The highest BCUT2D eigenvalue weighted by Crippen LogP contribution is 2.29. The normalized spacial score (nSPS) is 14.6. The van der Waals surface area contributed by atoms with E-state index in [2.05, 4.69) is 53.4 Å². The maximum absolute atomic E-state index is 11.7. The minimum absolute atomic E-state index is 0.278. The number of hydrogen-bond donors (Lipinski definition) is 2. The van der Waals surface area contributed by atoms with Gasteiger partial charge in [0.15, 0.2) is 11.5 Å². The van der Waals surface area contributed by atoms with Gasteiger partial charge in [0, 0.05) is 50.8 Å². The van der Waals surface area contributed by atoms with Gasteiger partial charge in [-0.3, -0.25) is 14.6 Å². The zero-order chi connectivity index (χ0) is 24.6. The molecule has 4 rings (SSSR count). The lowest BCUT2D eigenvalue weighted by Crippen LogP contribution is -2.47. The largest absolute Gasteiger partial charge is 0.493 e. The van der Waals surface area contributed by atoms with Crippen LogP contribution in [0.3, 0.4) is 0 Å². The number of rotatable bonds is 10. The van der Waals surface area contributed by atoms with Crippen LogP contribution in [0.4, 0.5) is 5.69 Å². The molecule has 2 heterocycles. The monoisotopic (exact) mass is 561 g/mol. The van der Waals surface area contributed by atoms with E-state index in [9.17, 15) is 4.79 Å². The fourth-order valence-electron chi connectivity index (χ4n) is 3.95. The molecule has 1 aliphatic rings. The fourth-order valence-corrected chi connectivity index (χ4v) is 4.41. The molecule has 0 unspecified atom stereocenters. The Morgan fingerprint density at radius 2 is 1.77 bits per heavy atom. The smallest absolute Gasteiger partial charge is 0.280 e. The third kappa shape index (κ3) is 7.20. The molecule has 8 nitrogen and oxygen atoms in total. The average Bonchev–Trinajstić information content (AvgIpc) is 2.87. The number of piperazine rings is 1. The second-order valence-corrected chi connectivity index (χ2v) is 9.59. The lowest BCUT2D eigenvalue weighted by molar-refractivity contribution is 0.112. The standard InChI is InChI=1S/C25H29BrClN5O3/c1-34-22-7-4-19(15-28-21-16-29-30-25(33)24(21)26)14-23(22)35-13-12-31-8-10-32(11-9-31)17-18-2-5-20(27)6-3-18/h2-7,14,16H,8-13,15,17H2,1H3,(H2,28,30,33). The van der Waals surface area contributed by atoms with Crippen molar-refractivity contribution in [2.75, 3.05) is 51.8 Å². The van der Waals surface area contributed by atoms with Crippen LogP contribution in [0.25, 0.3) is 0 Å². The van der Waals surface area contributed by atoms with E-state index in [1.807, 2.05) is 30.3 Å². The second-order valence-electron chi connectivity index (χ2n) is 8.36. The summed E-state index contributed by atoms with van der Waals surface area (Å²) in [5.74, 6) is 1.40. The molecule has 3 aromatic rings. The summed E-state index contributed by atoms with van der Waals surface area (Å²) >= 11 is 9.27. The SMILES string of the molecule is COc1ccc(CNc2cn[nH]c(=O)c2Br)cc1OCCN1CCN(Cc2ccc(Cl)cc2)CC1. The number of halogens is 2. The summed E-state index contributed by atoms with van der Waals surface area (Å²) in [7, 11) is 1.64. The summed E-state index contributed by atoms with van der Waals surface area (Å²) in [6, 6.07) is 13.9. The molecule has 1 fully saturated rings. The van der Waals surface area contributed by atoms with Crippen LogP contribution in [0.1, 0.15) is 11.1 Å². The lowest BCUT2D eigenvalue weighted by Gasteiger charge is -2.34. The highest BCUT2D eigenvalue weighted by molar-refractivity contribution is 9.10. The molecule has 0 aliphatic carbocycles. The Labute approximate surface area is 218 Å². The highest BCUT2D eigenvalue weighted by Gasteiger charge is 2.17. The van der Waals surface area contributed by atoms with Crippen molar-refractivity contribution in [1.29, 1.82) is 0 Å². The van der Waals surface area contributed by atoms with Crippen molar-refractivity contribution in [3.05, 3.63) is 79.6 Å². The van der Waals surface area contributed by atoms with Gasteiger partial charge in [0.1, 0.15) is 11.1 Å². The van der Waals surface area contributed by atoms with Crippen molar-refractivity contribution < 1.29 is 9.47 Å². The Hall–Kier alpha value is -2.59. The van der Waals surface area contributed by atoms with E-state index in [1.165, 1.54) is 5.56 Å². The summed E-state index contributed by atoms with van der Waals surface area (Å²) in [5, 5.41) is 10.2. The summed E-state index contributed by atoms with van der Waals surface area (Å²) in [6.07, 6.45) is 1.57. The predicted molar refractivity (Wildman–Crippen MR) is 142 cm³/mol. The van der Waals surface area contributed by atoms with Crippen molar-refractivity contribution in [3.63, 3.8) is 0 Å². The van der Waals surface area contributed by atoms with Crippen molar-refractivity contribution >= 4 is 33.2 Å². The van der Waals surface area contributed by atoms with Crippen LogP contribution in [0.15, 0.2) is 57.9 Å². The van der Waals surface area contributed by atoms with Gasteiger partial charge in [0.2, 0.25) is 0 Å². The Morgan fingerprint density at radius 3 is 2.51 bits per heavy atom. The molecule has 35 heavy (non-hydrogen) atoms. The quantitative estimate of drug-likeness (QED) is 0.386. The summed E-state index contributed by atoms with van der Waals surface area (Å²) in [5.41, 5.74) is 2.64. The fraction of sp³-hybridized carbons (Fsp3) is 0.360. The van der Waals surface area contributed by atoms with Crippen LogP contribution in [-0.2, 0) is 13.1 Å². The Kier molecular flexibility index (Phi) is 9.03. The Balaban J connectivity index is 1.25. The van der Waals surface area contributed by atoms with E-state index in [0.29, 0.717) is 34.8 Å². The number of anilines is 1. The van der Waals surface area contributed by atoms with Crippen LogP contribution in [-0.4, -0.2) is 66.4 Å². The average molecular weight is 563 g/mol. The third-order valence-corrected chi connectivity index (χ3v) is 7.00. The number of benzene rings is 2. The molecule has 1 aromatic heterocycles. The molecule has 0 bridgehead atoms. The van der Waals surface area contributed by atoms with Gasteiger partial charge in [-0.25, -0.2) is 5.10 Å². The molecule has 0 saturated carbocycles. The minimum atomic E-state index is -0.278. The highest BCUT2D eigenvalue weighted by atomic mass is 79.9. The van der Waals surface area contributed by atoms with Gasteiger partial charge < -0.3 is 14.8 Å². The Bertz CT molecular complexity index is 1170. The third-order valence-electron chi connectivity index (χ3n) is 5.96. The first kappa shape index (κ1) is 25.5. The zero-order valence-corrected chi connectivity index (χ0v) is 21.9. The van der Waals surface area contributed by atoms with E-state index in [4.69, 9.17) is 21.1 Å². The zero-order valence-electron chi connectivity index (χ0n) is 19.6. The molecular weight excluding hydrogens is 534 g/mol. The topological polar surface area (TPSA) is 82.7 Å². The van der Waals surface area contributed by atoms with Crippen molar-refractivity contribution in [1.82, 2.24) is 20.0 Å². The lowest BCUT2D eigenvalue weighted by atomic mass is 10.2. The maximum atomic E-state index is 11.7. The van der Waals surface area contributed by atoms with Gasteiger partial charge in [0.05, 0.1) is 19.0 Å². The molecule has 10 heteroatoms. The summed E-state index contributed by atoms with van der Waals surface area (Å²) < 4.78 is 12.0. The van der Waals surface area contributed by atoms with Crippen LogP contribution in [0.5, 0.6) is 11.5 Å². The van der Waals surface area contributed by atoms with Crippen LogP contribution in [0, 0.1) is 0 Å². The van der Waals surface area contributed by atoms with E-state index in [-0.39, 0.29) is 5.56 Å². The van der Waals surface area contributed by atoms with Crippen LogP contribution >= 0.6 is 27.5 Å². The molecule has 1 aliphatic heterocycles. The van der Waals surface area contributed by atoms with Crippen LogP contribution < -0.4 is 20.3 Å². The van der Waals surface area contributed by atoms with E-state index in [1.54, 1.807) is 13.3 Å². The number of methoxy groups -OCH3 is 1. The molecule has 2 N–H and O–H groups in total. The Morgan fingerprint density at radius 1 is 1.06 bits per heavy atom. The molecule has 0 spiro atoms. The number of nitrogens with zero attached hydrogens (tertiary/aromatic N) is 3. The molecule has 0 radical (unpaired) electrons. The van der Waals surface area contributed by atoms with Crippen LogP contribution in [0.2, 0.25) is 5.02 Å². The van der Waals surface area contributed by atoms with Crippen molar-refractivity contribution in [2.24, 2.45) is 0 Å².